The first-order chi connectivity index (χ1) is 18.9. The molecule has 0 atom stereocenters. The van der Waals surface area contributed by atoms with Crippen LogP contribution in [0.1, 0.15) is 48.6 Å². The predicted octanol–water partition coefficient (Wildman–Crippen LogP) is 7.74. The van der Waals surface area contributed by atoms with E-state index in [2.05, 4.69) is 44.4 Å². The van der Waals surface area contributed by atoms with Crippen molar-refractivity contribution >= 4 is 21.9 Å². The molecule has 0 aliphatic carbocycles. The van der Waals surface area contributed by atoms with Crippen LogP contribution in [-0.4, -0.2) is 0 Å². The zero-order chi connectivity index (χ0) is 29.2. The van der Waals surface area contributed by atoms with Crippen LogP contribution < -0.4 is 4.57 Å². The summed E-state index contributed by atoms with van der Waals surface area (Å²) in [6, 6.07) is 9.68. The van der Waals surface area contributed by atoms with Crippen molar-refractivity contribution in [1.29, 1.82) is 5.26 Å². The van der Waals surface area contributed by atoms with Crippen LogP contribution in [0.2, 0.25) is 0 Å². The zero-order valence-electron chi connectivity index (χ0n) is 26.0. The molecule has 174 valence electrons. The van der Waals surface area contributed by atoms with E-state index in [4.69, 9.17) is 11.3 Å². The number of aryl methyl sites for hydroxylation is 1. The van der Waals surface area contributed by atoms with E-state index in [-0.39, 0.29) is 17.6 Å². The number of hydrogen-bond acceptors (Lipinski definition) is 2. The maximum absolute atomic E-state index is 9.86. The van der Waals surface area contributed by atoms with Crippen molar-refractivity contribution in [3.63, 3.8) is 0 Å². The minimum atomic E-state index is -0.464. The lowest BCUT2D eigenvalue weighted by molar-refractivity contribution is -0.667. The summed E-state index contributed by atoms with van der Waals surface area (Å²) in [4.78, 5) is 0. The van der Waals surface area contributed by atoms with Gasteiger partial charge in [0.05, 0.1) is 24.0 Å². The lowest BCUT2D eigenvalue weighted by atomic mass is 9.93. The van der Waals surface area contributed by atoms with Crippen LogP contribution in [0.5, 0.6) is 0 Å². The lowest BCUT2D eigenvalue weighted by Gasteiger charge is -2.14. The molecule has 0 radical (unpaired) electrons. The number of benzene rings is 3. The Morgan fingerprint density at radius 3 is 2.43 bits per heavy atom. The van der Waals surface area contributed by atoms with Gasteiger partial charge in [0.15, 0.2) is 5.69 Å². The van der Waals surface area contributed by atoms with E-state index < -0.39 is 18.1 Å². The third-order valence-corrected chi connectivity index (χ3v) is 6.93. The third-order valence-electron chi connectivity index (χ3n) is 6.93. The molecule has 0 aliphatic rings. The standard InChI is InChI=1S/C32H31N2O/c1-19(2)14-25-17-29(34(6)22(5)21(25)4)30-20(3)12-13-26-28-16-23(18-33)15-27(31(28)35-32(26)30)24-10-8-7-9-11-24/h7-13,15-17,19H,14H2,1-6H3/q+1/i7D,8D,9D,10D,11D. The van der Waals surface area contributed by atoms with Crippen LogP contribution >= 0.6 is 0 Å². The highest BCUT2D eigenvalue weighted by atomic mass is 16.3. The van der Waals surface area contributed by atoms with Crippen LogP contribution in [0.4, 0.5) is 0 Å². The molecule has 0 saturated carbocycles. The Hall–Kier alpha value is -3.90. The fourth-order valence-electron chi connectivity index (χ4n) is 4.92. The van der Waals surface area contributed by atoms with Gasteiger partial charge >= 0.3 is 0 Å². The van der Waals surface area contributed by atoms with Gasteiger partial charge in [-0.3, -0.25) is 0 Å². The van der Waals surface area contributed by atoms with E-state index in [1.165, 1.54) is 11.1 Å². The molecule has 5 aromatic rings. The highest BCUT2D eigenvalue weighted by Crippen LogP contribution is 2.41. The molecule has 0 spiro atoms. The van der Waals surface area contributed by atoms with Gasteiger partial charge < -0.3 is 4.42 Å². The number of fused-ring (bicyclic) bond motifs is 3. The summed E-state index contributed by atoms with van der Waals surface area (Å²) in [6.45, 7) is 10.7. The summed E-state index contributed by atoms with van der Waals surface area (Å²) < 4.78 is 50.3. The second kappa shape index (κ2) is 8.71. The molecule has 3 aromatic carbocycles. The van der Waals surface area contributed by atoms with Crippen molar-refractivity contribution in [2.24, 2.45) is 13.0 Å². The summed E-state index contributed by atoms with van der Waals surface area (Å²) in [6.07, 6.45) is 0.945. The molecule has 0 saturated heterocycles. The van der Waals surface area contributed by atoms with Crippen LogP contribution in [0.3, 0.4) is 0 Å². The summed E-state index contributed by atoms with van der Waals surface area (Å²) in [5.74, 6) is 0.491. The smallest absolute Gasteiger partial charge is 0.216 e. The number of rotatable bonds is 4. The van der Waals surface area contributed by atoms with E-state index in [1.807, 2.05) is 26.1 Å². The van der Waals surface area contributed by atoms with E-state index in [1.54, 1.807) is 12.1 Å². The number of hydrogen-bond donors (Lipinski definition) is 0. The Balaban J connectivity index is 1.93. The Kier molecular flexibility index (Phi) is 4.36. The number of pyridine rings is 1. The normalized spacial score (nSPS) is 13.5. The fourth-order valence-corrected chi connectivity index (χ4v) is 4.92. The Morgan fingerprint density at radius 1 is 1.00 bits per heavy atom. The van der Waals surface area contributed by atoms with E-state index in [0.717, 1.165) is 34.3 Å². The molecular formula is C32H31N2O+. The first-order valence-corrected chi connectivity index (χ1v) is 11.8. The first-order valence-electron chi connectivity index (χ1n) is 14.3. The molecule has 2 aromatic heterocycles. The van der Waals surface area contributed by atoms with Gasteiger partial charge in [-0.1, -0.05) is 56.2 Å². The van der Waals surface area contributed by atoms with Gasteiger partial charge in [0.25, 0.3) is 0 Å². The topological polar surface area (TPSA) is 40.8 Å². The highest BCUT2D eigenvalue weighted by molar-refractivity contribution is 6.13. The minimum absolute atomic E-state index is 0.0152. The Labute approximate surface area is 214 Å². The molecule has 0 N–H and O–H groups in total. The molecule has 5 rings (SSSR count). The highest BCUT2D eigenvalue weighted by Gasteiger charge is 2.25. The number of nitrogens with zero attached hydrogens (tertiary/aromatic N) is 2. The molecule has 0 aliphatic heterocycles. The number of furan rings is 1. The SMILES string of the molecule is [2H]c1c([2H])c([2H])c(-c2cc(C#N)cc3c2oc2c(-c4cc(CC(C)C)c(C)c(C)[n+]4C)c(C)ccc23)c([2H])c1[2H]. The average molecular weight is 465 g/mol. The fraction of sp³-hybridized carbons (Fsp3) is 0.250. The van der Waals surface area contributed by atoms with Crippen molar-refractivity contribution < 1.29 is 15.8 Å². The van der Waals surface area contributed by atoms with Gasteiger partial charge in [0.1, 0.15) is 18.2 Å². The maximum atomic E-state index is 9.86. The molecule has 0 unspecified atom stereocenters. The van der Waals surface area contributed by atoms with Crippen molar-refractivity contribution in [1.82, 2.24) is 0 Å². The summed E-state index contributed by atoms with van der Waals surface area (Å²) in [5.41, 5.74) is 8.29. The van der Waals surface area contributed by atoms with Crippen LogP contribution in [0.25, 0.3) is 44.3 Å². The van der Waals surface area contributed by atoms with Crippen molar-refractivity contribution in [2.75, 3.05) is 0 Å². The molecule has 0 fully saturated rings. The lowest BCUT2D eigenvalue weighted by Crippen LogP contribution is -2.36. The Bertz CT molecular complexity index is 1890. The van der Waals surface area contributed by atoms with Crippen molar-refractivity contribution in [2.45, 2.75) is 41.0 Å². The number of nitriles is 1. The summed E-state index contributed by atoms with van der Waals surface area (Å²) in [5, 5.41) is 11.3. The second-order valence-electron chi connectivity index (χ2n) is 9.67. The molecule has 2 heterocycles. The Morgan fingerprint density at radius 2 is 1.74 bits per heavy atom. The quantitative estimate of drug-likeness (QED) is 0.255. The van der Waals surface area contributed by atoms with Gasteiger partial charge in [0.2, 0.25) is 5.69 Å². The molecule has 35 heavy (non-hydrogen) atoms. The van der Waals surface area contributed by atoms with E-state index >= 15 is 0 Å². The number of aromatic nitrogens is 1. The van der Waals surface area contributed by atoms with Gasteiger partial charge in [-0.25, -0.2) is 0 Å². The molecule has 3 heteroatoms. The second-order valence-corrected chi connectivity index (χ2v) is 9.67. The monoisotopic (exact) mass is 464 g/mol. The van der Waals surface area contributed by atoms with E-state index in [0.29, 0.717) is 33.6 Å². The third kappa shape index (κ3) is 3.80. The summed E-state index contributed by atoms with van der Waals surface area (Å²) in [7, 11) is 2.05. The molecule has 0 bridgehead atoms. The molecule has 0 amide bonds. The molecule has 3 nitrogen and oxygen atoms in total. The predicted molar refractivity (Wildman–Crippen MR) is 143 cm³/mol. The molecular weight excluding hydrogens is 428 g/mol. The first kappa shape index (κ1) is 17.5. The van der Waals surface area contributed by atoms with Gasteiger partial charge in [-0.2, -0.15) is 9.83 Å². The van der Waals surface area contributed by atoms with Crippen molar-refractivity contribution in [3.8, 4) is 28.5 Å². The maximum Gasteiger partial charge on any atom is 0.216 e. The van der Waals surface area contributed by atoms with Gasteiger partial charge in [0, 0.05) is 34.9 Å². The van der Waals surface area contributed by atoms with Crippen LogP contribution in [-0.2, 0) is 13.5 Å². The van der Waals surface area contributed by atoms with Crippen LogP contribution in [0, 0.1) is 38.0 Å². The zero-order valence-corrected chi connectivity index (χ0v) is 21.0. The summed E-state index contributed by atoms with van der Waals surface area (Å²) >= 11 is 0. The average Bonchev–Trinajstić information content (AvgIpc) is 3.29. The largest absolute Gasteiger partial charge is 0.454 e. The minimum Gasteiger partial charge on any atom is -0.454 e. The van der Waals surface area contributed by atoms with Crippen LogP contribution in [0.15, 0.2) is 65.0 Å². The van der Waals surface area contributed by atoms with E-state index in [9.17, 15) is 5.26 Å². The van der Waals surface area contributed by atoms with Crippen molar-refractivity contribution in [3.05, 3.63) is 88.5 Å². The van der Waals surface area contributed by atoms with Gasteiger partial charge in [-0.05, 0) is 55.0 Å². The van der Waals surface area contributed by atoms with Gasteiger partial charge in [-0.15, -0.1) is 0 Å².